The molecule has 0 radical (unpaired) electrons. The zero-order valence-electron chi connectivity index (χ0n) is 41.0. The highest BCUT2D eigenvalue weighted by Crippen LogP contribution is 2.42. The SMILES string of the molecule is Cc1ccccc1NC(=O)c1cc2ccccc2c(N=Nc2ccc(C=Cc3cn(-c4ccc(N=Nc5c(O)c(C(=O)Nc6ccccc6C)cc6ccccc56)cc4)nc3-c3ccc(C(C)C)cc3)cc2)c1O. The van der Waals surface area contributed by atoms with Crippen molar-refractivity contribution in [3.63, 3.8) is 0 Å². The highest BCUT2D eigenvalue weighted by molar-refractivity contribution is 6.13. The molecule has 0 unspecified atom stereocenters. The molecule has 0 atom stereocenters. The van der Waals surface area contributed by atoms with Gasteiger partial charge in [0.1, 0.15) is 11.4 Å². The van der Waals surface area contributed by atoms with Crippen LogP contribution in [0, 0.1) is 13.8 Å². The number of carbonyl (C=O) groups is 2. The third kappa shape index (κ3) is 10.2. The fraction of sp³-hybridized carbons (Fsp3) is 0.0806. The van der Waals surface area contributed by atoms with Crippen molar-refractivity contribution >= 4 is 79.6 Å². The summed E-state index contributed by atoms with van der Waals surface area (Å²) in [7, 11) is 0. The molecular weight excluding hydrogens is 921 g/mol. The summed E-state index contributed by atoms with van der Waals surface area (Å²) in [6, 6.07) is 56.5. The predicted octanol–water partition coefficient (Wildman–Crippen LogP) is 16.5. The van der Waals surface area contributed by atoms with Gasteiger partial charge in [-0.2, -0.15) is 15.3 Å². The minimum absolute atomic E-state index is 0.0882. The van der Waals surface area contributed by atoms with E-state index in [1.807, 2.05) is 182 Å². The molecule has 0 aliphatic carbocycles. The Kier molecular flexibility index (Phi) is 13.5. The second-order valence-electron chi connectivity index (χ2n) is 18.2. The van der Waals surface area contributed by atoms with Gasteiger partial charge in [0.15, 0.2) is 11.5 Å². The number of anilines is 2. The standard InChI is InChI=1S/C62H50N8O4/c1-38(2)42-25-27-43(28-26-42)56-46(24-21-41-22-29-47(30-23-41)65-67-57-50-17-9-7-15-44(50)35-52(59(57)71)61(73)63-54-19-11-5-13-39(54)3)37-70(69-56)49-33-31-48(32-34-49)66-68-58-51-18-10-8-16-45(51)36-53(60(58)72)62(74)64-55-20-12-6-14-40(55)4/h5-38,71-72H,1-4H3,(H,63,73)(H,64,74). The van der Waals surface area contributed by atoms with Crippen molar-refractivity contribution in [2.45, 2.75) is 33.6 Å². The van der Waals surface area contributed by atoms with Gasteiger partial charge in [-0.05, 0) is 113 Å². The molecule has 12 heteroatoms. The Balaban J connectivity index is 0.901. The second kappa shape index (κ2) is 20.9. The third-order valence-corrected chi connectivity index (χ3v) is 12.9. The molecule has 1 heterocycles. The number of carbonyl (C=O) groups excluding carboxylic acids is 2. The molecule has 4 N–H and O–H groups in total. The molecule has 1 aromatic heterocycles. The summed E-state index contributed by atoms with van der Waals surface area (Å²) < 4.78 is 1.83. The normalized spacial score (nSPS) is 11.7. The Morgan fingerprint density at radius 3 is 1.53 bits per heavy atom. The predicted molar refractivity (Wildman–Crippen MR) is 296 cm³/mol. The summed E-state index contributed by atoms with van der Waals surface area (Å²) >= 11 is 0. The molecule has 0 saturated carbocycles. The van der Waals surface area contributed by atoms with Gasteiger partial charge >= 0.3 is 0 Å². The summed E-state index contributed by atoms with van der Waals surface area (Å²) in [5, 5.41) is 54.6. The zero-order valence-corrected chi connectivity index (χ0v) is 41.0. The van der Waals surface area contributed by atoms with Crippen LogP contribution in [0.4, 0.5) is 34.1 Å². The van der Waals surface area contributed by atoms with E-state index < -0.39 is 11.8 Å². The van der Waals surface area contributed by atoms with Gasteiger partial charge in [-0.1, -0.05) is 147 Å². The number of azo groups is 2. The number of amides is 2. The smallest absolute Gasteiger partial charge is 0.259 e. The van der Waals surface area contributed by atoms with E-state index in [0.29, 0.717) is 39.4 Å². The number of phenols is 2. The van der Waals surface area contributed by atoms with Crippen molar-refractivity contribution < 1.29 is 19.8 Å². The maximum Gasteiger partial charge on any atom is 0.259 e. The Morgan fingerprint density at radius 1 is 0.554 bits per heavy atom. The number of aromatic hydroxyl groups is 2. The molecule has 74 heavy (non-hydrogen) atoms. The largest absolute Gasteiger partial charge is 0.505 e. The summed E-state index contributed by atoms with van der Waals surface area (Å²) in [4.78, 5) is 27.0. The minimum atomic E-state index is -0.457. The van der Waals surface area contributed by atoms with E-state index >= 15 is 0 Å². The van der Waals surface area contributed by atoms with Gasteiger partial charge in [-0.25, -0.2) is 4.68 Å². The van der Waals surface area contributed by atoms with Crippen molar-refractivity contribution in [1.29, 1.82) is 0 Å². The summed E-state index contributed by atoms with van der Waals surface area (Å²) in [6.07, 6.45) is 6.01. The summed E-state index contributed by atoms with van der Waals surface area (Å²) in [6.45, 7) is 8.15. The number of hydrogen-bond acceptors (Lipinski definition) is 9. The van der Waals surface area contributed by atoms with Crippen molar-refractivity contribution in [1.82, 2.24) is 9.78 Å². The molecule has 10 aromatic rings. The first-order valence-corrected chi connectivity index (χ1v) is 24.1. The van der Waals surface area contributed by atoms with Crippen molar-refractivity contribution in [3.05, 3.63) is 227 Å². The van der Waals surface area contributed by atoms with Crippen molar-refractivity contribution in [2.24, 2.45) is 20.5 Å². The molecular formula is C62H50N8O4. The Hall–Kier alpha value is -9.81. The van der Waals surface area contributed by atoms with Gasteiger partial charge < -0.3 is 20.8 Å². The number of nitrogens with zero attached hydrogens (tertiary/aromatic N) is 6. The Bertz CT molecular complexity index is 3840. The van der Waals surface area contributed by atoms with E-state index in [1.54, 1.807) is 12.1 Å². The molecule has 12 nitrogen and oxygen atoms in total. The number of benzene rings is 9. The Morgan fingerprint density at radius 2 is 1.03 bits per heavy atom. The monoisotopic (exact) mass is 970 g/mol. The first-order valence-electron chi connectivity index (χ1n) is 24.1. The number of phenolic OH excluding ortho intramolecular Hbond substituents is 2. The van der Waals surface area contributed by atoms with Gasteiger partial charge in [-0.3, -0.25) is 9.59 Å². The average Bonchev–Trinajstić information content (AvgIpc) is 3.85. The molecule has 9 aromatic carbocycles. The first kappa shape index (κ1) is 47.8. The fourth-order valence-corrected chi connectivity index (χ4v) is 8.61. The lowest BCUT2D eigenvalue weighted by molar-refractivity contribution is 0.101. The lowest BCUT2D eigenvalue weighted by Gasteiger charge is -2.12. The van der Waals surface area contributed by atoms with Crippen LogP contribution in [0.5, 0.6) is 11.5 Å². The van der Waals surface area contributed by atoms with E-state index in [9.17, 15) is 19.8 Å². The van der Waals surface area contributed by atoms with Crippen LogP contribution in [0.15, 0.2) is 209 Å². The van der Waals surface area contributed by atoms with Gasteiger partial charge in [0.05, 0.1) is 33.9 Å². The number of aryl methyl sites for hydroxylation is 2. The van der Waals surface area contributed by atoms with Gasteiger partial charge in [0.2, 0.25) is 0 Å². The van der Waals surface area contributed by atoms with E-state index in [0.717, 1.165) is 50.0 Å². The number of rotatable bonds is 13. The van der Waals surface area contributed by atoms with E-state index in [-0.39, 0.29) is 34.0 Å². The molecule has 362 valence electrons. The van der Waals surface area contributed by atoms with E-state index in [4.69, 9.17) is 5.10 Å². The van der Waals surface area contributed by atoms with E-state index in [1.165, 1.54) is 5.56 Å². The zero-order chi connectivity index (χ0) is 51.3. The summed E-state index contributed by atoms with van der Waals surface area (Å²) in [5.41, 5.74) is 10.3. The van der Waals surface area contributed by atoms with Crippen LogP contribution in [-0.2, 0) is 0 Å². The molecule has 0 saturated heterocycles. The van der Waals surface area contributed by atoms with Crippen LogP contribution in [-0.4, -0.2) is 31.8 Å². The molecule has 2 amide bonds. The van der Waals surface area contributed by atoms with Gasteiger partial charge in [-0.15, -0.1) is 10.2 Å². The maximum absolute atomic E-state index is 13.5. The lowest BCUT2D eigenvalue weighted by atomic mass is 9.99. The number of para-hydroxylation sites is 2. The Labute approximate surface area is 427 Å². The molecule has 0 spiro atoms. The van der Waals surface area contributed by atoms with Gasteiger partial charge in [0, 0.05) is 39.5 Å². The maximum atomic E-state index is 13.5. The van der Waals surface area contributed by atoms with Crippen LogP contribution in [0.2, 0.25) is 0 Å². The minimum Gasteiger partial charge on any atom is -0.505 e. The van der Waals surface area contributed by atoms with Crippen LogP contribution in [0.25, 0.3) is 50.6 Å². The number of aromatic nitrogens is 2. The van der Waals surface area contributed by atoms with Crippen LogP contribution in [0.3, 0.4) is 0 Å². The quantitative estimate of drug-likeness (QED) is 0.0843. The number of nitrogens with one attached hydrogen (secondary N) is 2. The molecule has 0 bridgehead atoms. The third-order valence-electron chi connectivity index (χ3n) is 12.9. The van der Waals surface area contributed by atoms with Crippen LogP contribution in [0.1, 0.15) is 68.3 Å². The van der Waals surface area contributed by atoms with E-state index in [2.05, 4.69) is 69.2 Å². The molecule has 0 aliphatic heterocycles. The highest BCUT2D eigenvalue weighted by atomic mass is 16.3. The first-order chi connectivity index (χ1) is 36.0. The average molecular weight is 971 g/mol. The van der Waals surface area contributed by atoms with Gasteiger partial charge in [0.25, 0.3) is 11.8 Å². The fourth-order valence-electron chi connectivity index (χ4n) is 8.61. The van der Waals surface area contributed by atoms with Crippen LogP contribution < -0.4 is 10.6 Å². The molecule has 0 aliphatic rings. The second-order valence-corrected chi connectivity index (χ2v) is 18.2. The van der Waals surface area contributed by atoms with Crippen molar-refractivity contribution in [2.75, 3.05) is 10.6 Å². The summed E-state index contributed by atoms with van der Waals surface area (Å²) in [5.74, 6) is -1.06. The molecule has 10 rings (SSSR count). The topological polar surface area (TPSA) is 166 Å². The van der Waals surface area contributed by atoms with Crippen LogP contribution >= 0.6 is 0 Å². The number of fused-ring (bicyclic) bond motifs is 2. The highest BCUT2D eigenvalue weighted by Gasteiger charge is 2.21. The lowest BCUT2D eigenvalue weighted by Crippen LogP contribution is -2.13. The van der Waals surface area contributed by atoms with Crippen molar-refractivity contribution in [3.8, 4) is 28.4 Å². The molecule has 0 fully saturated rings. The number of hydrogen-bond donors (Lipinski definition) is 4.